The lowest BCUT2D eigenvalue weighted by Gasteiger charge is -2.18. The van der Waals surface area contributed by atoms with Gasteiger partial charge in [0.1, 0.15) is 0 Å². The lowest BCUT2D eigenvalue weighted by molar-refractivity contribution is 1.16. The molecule has 4 heteroatoms. The summed E-state index contributed by atoms with van der Waals surface area (Å²) in [5.74, 6) is 0.688. The lowest BCUT2D eigenvalue weighted by Crippen LogP contribution is -2.00. The van der Waals surface area contributed by atoms with Crippen LogP contribution < -0.4 is 0 Å². The van der Waals surface area contributed by atoms with Crippen LogP contribution in [0.25, 0.3) is 122 Å². The Kier molecular flexibility index (Phi) is 9.91. The molecule has 0 amide bonds. The summed E-state index contributed by atoms with van der Waals surface area (Å²) in [6.07, 6.45) is 0. The van der Waals surface area contributed by atoms with Crippen LogP contribution in [0.15, 0.2) is 243 Å². The van der Waals surface area contributed by atoms with Gasteiger partial charge in [0, 0.05) is 49.5 Å². The van der Waals surface area contributed by atoms with E-state index in [9.17, 15) is 0 Å². The molecule has 3 aromatic heterocycles. The number of aryl methyl sites for hydroxylation is 2. The Morgan fingerprint density at radius 1 is 0.286 bits per heavy atom. The third-order valence-electron chi connectivity index (χ3n) is 14.0. The van der Waals surface area contributed by atoms with Gasteiger partial charge in [0.05, 0.1) is 39.1 Å². The number of para-hydroxylation sites is 2. The number of hydrogen-bond donors (Lipinski definition) is 0. The first-order valence-electron chi connectivity index (χ1n) is 24.0. The molecule has 0 atom stereocenters. The van der Waals surface area contributed by atoms with Gasteiger partial charge in [0.25, 0.3) is 0 Å². The molecule has 0 fully saturated rings. The number of rotatable bonds is 8. The third-order valence-corrected chi connectivity index (χ3v) is 14.0. The van der Waals surface area contributed by atoms with Gasteiger partial charge in [-0.1, -0.05) is 176 Å². The predicted molar refractivity (Wildman–Crippen MR) is 293 cm³/mol. The molecule has 0 aliphatic heterocycles. The molecule has 0 saturated heterocycles. The standard InChI is InChI=1S/C66H46N4/c1-43-18-9-11-26-52(43)48-32-35-64-57(39-48)54-28-13-15-30-61(54)69(64)51-25-17-24-47(38-51)56-41-50(60-42-59(45-20-5-3-6-21-45)67-66(68-60)46-22-7-4-8-23-46)34-37-63(56)70-62-31-16-14-29-55(62)58-40-49(33-36-65(58)70)53-27-12-10-19-44(53)2/h3-42H,1-2H3. The molecule has 0 unspecified atom stereocenters. The quantitative estimate of drug-likeness (QED) is 0.152. The van der Waals surface area contributed by atoms with Crippen LogP contribution in [-0.4, -0.2) is 19.1 Å². The molecule has 70 heavy (non-hydrogen) atoms. The highest BCUT2D eigenvalue weighted by atomic mass is 15.0. The fourth-order valence-corrected chi connectivity index (χ4v) is 10.6. The minimum atomic E-state index is 0.688. The highest BCUT2D eigenvalue weighted by Gasteiger charge is 2.21. The van der Waals surface area contributed by atoms with Crippen molar-refractivity contribution < 1.29 is 0 Å². The van der Waals surface area contributed by atoms with Crippen LogP contribution in [0.4, 0.5) is 0 Å². The molecule has 0 bridgehead atoms. The summed E-state index contributed by atoms with van der Waals surface area (Å²) in [7, 11) is 0. The van der Waals surface area contributed by atoms with Crippen molar-refractivity contribution in [3.05, 3.63) is 254 Å². The minimum Gasteiger partial charge on any atom is -0.309 e. The number of benzene rings is 10. The van der Waals surface area contributed by atoms with Crippen molar-refractivity contribution in [2.75, 3.05) is 0 Å². The van der Waals surface area contributed by atoms with Gasteiger partial charge in [0.15, 0.2) is 5.82 Å². The SMILES string of the molecule is Cc1ccccc1-c1ccc2c(c1)c1ccccc1n2-c1cccc(-c2cc(-c3cc(-c4ccccc4)nc(-c4ccccc4)n3)ccc2-n2c3ccccc3c3cc(-c4ccccc4C)ccc32)c1. The number of aromatic nitrogens is 4. The Labute approximate surface area is 407 Å². The molecule has 0 N–H and O–H groups in total. The highest BCUT2D eigenvalue weighted by molar-refractivity contribution is 6.12. The van der Waals surface area contributed by atoms with E-state index in [0.717, 1.165) is 61.6 Å². The van der Waals surface area contributed by atoms with Gasteiger partial charge in [0.2, 0.25) is 0 Å². The largest absolute Gasteiger partial charge is 0.309 e. The molecular formula is C66H46N4. The molecule has 3 heterocycles. The van der Waals surface area contributed by atoms with Crippen LogP contribution in [-0.2, 0) is 0 Å². The molecule has 10 aromatic carbocycles. The van der Waals surface area contributed by atoms with Crippen LogP contribution in [0.2, 0.25) is 0 Å². The van der Waals surface area contributed by atoms with Crippen molar-refractivity contribution in [2.24, 2.45) is 0 Å². The van der Waals surface area contributed by atoms with E-state index in [1.54, 1.807) is 0 Å². The Morgan fingerprint density at radius 3 is 1.39 bits per heavy atom. The summed E-state index contributed by atoms with van der Waals surface area (Å²) >= 11 is 0. The van der Waals surface area contributed by atoms with Gasteiger partial charge in [-0.3, -0.25) is 0 Å². The first-order chi connectivity index (χ1) is 34.5. The topological polar surface area (TPSA) is 35.6 Å². The van der Waals surface area contributed by atoms with Gasteiger partial charge in [-0.15, -0.1) is 0 Å². The first-order valence-corrected chi connectivity index (χ1v) is 24.0. The molecule has 0 aliphatic rings. The van der Waals surface area contributed by atoms with E-state index in [4.69, 9.17) is 9.97 Å². The van der Waals surface area contributed by atoms with Crippen LogP contribution in [0.5, 0.6) is 0 Å². The first kappa shape index (κ1) is 41.1. The number of hydrogen-bond acceptors (Lipinski definition) is 2. The van der Waals surface area contributed by atoms with E-state index >= 15 is 0 Å². The van der Waals surface area contributed by atoms with E-state index in [2.05, 4.69) is 241 Å². The molecule has 0 radical (unpaired) electrons. The second-order valence-corrected chi connectivity index (χ2v) is 18.3. The van der Waals surface area contributed by atoms with Gasteiger partial charge < -0.3 is 9.13 Å². The van der Waals surface area contributed by atoms with Crippen molar-refractivity contribution in [2.45, 2.75) is 13.8 Å². The van der Waals surface area contributed by atoms with Gasteiger partial charge in [-0.05, 0) is 120 Å². The van der Waals surface area contributed by atoms with E-state index in [0.29, 0.717) is 5.82 Å². The van der Waals surface area contributed by atoms with E-state index in [-0.39, 0.29) is 0 Å². The van der Waals surface area contributed by atoms with Crippen molar-refractivity contribution in [3.63, 3.8) is 0 Å². The molecule has 13 aromatic rings. The fourth-order valence-electron chi connectivity index (χ4n) is 10.6. The normalized spacial score (nSPS) is 11.6. The van der Waals surface area contributed by atoms with Crippen LogP contribution in [0.3, 0.4) is 0 Å². The maximum absolute atomic E-state index is 5.31. The summed E-state index contributed by atoms with van der Waals surface area (Å²) in [5.41, 5.74) is 21.2. The van der Waals surface area contributed by atoms with Crippen molar-refractivity contribution >= 4 is 43.6 Å². The fraction of sp³-hybridized carbons (Fsp3) is 0.0303. The molecule has 13 rings (SSSR count). The summed E-state index contributed by atoms with van der Waals surface area (Å²) in [4.78, 5) is 10.5. The average molecular weight is 895 g/mol. The second kappa shape index (κ2) is 16.9. The predicted octanol–water partition coefficient (Wildman–Crippen LogP) is 17.3. The molecule has 0 aliphatic carbocycles. The second-order valence-electron chi connectivity index (χ2n) is 18.3. The van der Waals surface area contributed by atoms with Crippen LogP contribution >= 0.6 is 0 Å². The van der Waals surface area contributed by atoms with Gasteiger partial charge >= 0.3 is 0 Å². The van der Waals surface area contributed by atoms with E-state index in [1.165, 1.54) is 66.0 Å². The zero-order chi connectivity index (χ0) is 46.7. The zero-order valence-electron chi connectivity index (χ0n) is 38.9. The lowest BCUT2D eigenvalue weighted by atomic mass is 9.97. The third kappa shape index (κ3) is 7.00. The molecular weight excluding hydrogens is 849 g/mol. The van der Waals surface area contributed by atoms with Crippen molar-refractivity contribution in [3.8, 4) is 78.7 Å². The Balaban J connectivity index is 1.05. The summed E-state index contributed by atoms with van der Waals surface area (Å²) in [5, 5.41) is 4.88. The maximum atomic E-state index is 5.31. The Hall–Kier alpha value is -9.12. The minimum absolute atomic E-state index is 0.688. The van der Waals surface area contributed by atoms with Crippen molar-refractivity contribution in [1.82, 2.24) is 19.1 Å². The summed E-state index contributed by atoms with van der Waals surface area (Å²) < 4.78 is 4.88. The number of nitrogens with zero attached hydrogens (tertiary/aromatic N) is 4. The Morgan fingerprint density at radius 2 is 0.757 bits per heavy atom. The molecule has 0 saturated carbocycles. The monoisotopic (exact) mass is 894 g/mol. The smallest absolute Gasteiger partial charge is 0.160 e. The summed E-state index contributed by atoms with van der Waals surface area (Å²) in [6, 6.07) is 87.5. The average Bonchev–Trinajstić information content (AvgIpc) is 3.93. The maximum Gasteiger partial charge on any atom is 0.160 e. The summed E-state index contributed by atoms with van der Waals surface area (Å²) in [6.45, 7) is 4.38. The van der Waals surface area contributed by atoms with Gasteiger partial charge in [-0.2, -0.15) is 0 Å². The van der Waals surface area contributed by atoms with E-state index < -0.39 is 0 Å². The molecule has 330 valence electrons. The Bertz CT molecular complexity index is 4080. The highest BCUT2D eigenvalue weighted by Crippen LogP contribution is 2.42. The number of fused-ring (bicyclic) bond motifs is 6. The van der Waals surface area contributed by atoms with Crippen LogP contribution in [0, 0.1) is 13.8 Å². The molecule has 0 spiro atoms. The molecule has 4 nitrogen and oxygen atoms in total. The van der Waals surface area contributed by atoms with Crippen LogP contribution in [0.1, 0.15) is 11.1 Å². The zero-order valence-corrected chi connectivity index (χ0v) is 38.9. The van der Waals surface area contributed by atoms with Gasteiger partial charge in [-0.25, -0.2) is 9.97 Å². The van der Waals surface area contributed by atoms with E-state index in [1.807, 2.05) is 24.3 Å². The van der Waals surface area contributed by atoms with Crippen molar-refractivity contribution in [1.29, 1.82) is 0 Å².